The van der Waals surface area contributed by atoms with Gasteiger partial charge in [-0.15, -0.1) is 0 Å². The van der Waals surface area contributed by atoms with Gasteiger partial charge in [0.15, 0.2) is 17.3 Å². The fourth-order valence-corrected chi connectivity index (χ4v) is 9.12. The Kier molecular flexibility index (Phi) is 8.05. The molecule has 4 heteroatoms. The minimum absolute atomic E-state index is 0.369. The molecule has 0 bridgehead atoms. The number of benzene rings is 1. The Balaban J connectivity index is 1.22. The lowest BCUT2D eigenvalue weighted by Crippen LogP contribution is -2.49. The minimum atomic E-state index is 0.369. The number of hydrogen-bond donors (Lipinski definition) is 0. The number of methoxy groups -OCH3 is 1. The van der Waals surface area contributed by atoms with E-state index in [1.54, 1.807) is 7.11 Å². The van der Waals surface area contributed by atoms with E-state index in [-0.39, 0.29) is 0 Å². The topological polar surface area (TPSA) is 38.8 Å². The van der Waals surface area contributed by atoms with Crippen LogP contribution in [-0.4, -0.2) is 37.5 Å². The molecule has 4 aliphatic carbocycles. The lowest BCUT2D eigenvalue weighted by Gasteiger charge is -2.56. The van der Waals surface area contributed by atoms with E-state index in [2.05, 4.69) is 50.8 Å². The Morgan fingerprint density at radius 1 is 1.08 bits per heavy atom. The van der Waals surface area contributed by atoms with Crippen LogP contribution in [0, 0.1) is 40.9 Å². The molecule has 0 heterocycles. The van der Waals surface area contributed by atoms with Crippen molar-refractivity contribution >= 4 is 5.78 Å². The second-order valence-corrected chi connectivity index (χ2v) is 12.8. The van der Waals surface area contributed by atoms with Crippen LogP contribution in [0.15, 0.2) is 29.8 Å². The van der Waals surface area contributed by atoms with Crippen molar-refractivity contribution in [2.75, 3.05) is 26.8 Å². The number of carbonyl (C=O) groups excluding carboxylic acids is 1. The first-order chi connectivity index (χ1) is 17.9. The fourth-order valence-electron chi connectivity index (χ4n) is 9.12. The number of fused-ring (bicyclic) bond motifs is 5. The zero-order valence-corrected chi connectivity index (χ0v) is 23.9. The van der Waals surface area contributed by atoms with Crippen LogP contribution in [0.4, 0.5) is 0 Å². The van der Waals surface area contributed by atoms with E-state index in [1.165, 1.54) is 36.8 Å². The fraction of sp³-hybridized carbons (Fsp3) is 0.727. The Bertz CT molecular complexity index is 997. The van der Waals surface area contributed by atoms with Gasteiger partial charge in [-0.05, 0) is 123 Å². The summed E-state index contributed by atoms with van der Waals surface area (Å²) in [7, 11) is 1.75. The molecule has 0 N–H and O–H groups in total. The van der Waals surface area contributed by atoms with Crippen molar-refractivity contribution in [2.45, 2.75) is 85.6 Å². The molecule has 0 amide bonds. The monoisotopic (exact) mass is 507 g/mol. The van der Waals surface area contributed by atoms with E-state index in [0.717, 1.165) is 87.1 Å². The third kappa shape index (κ3) is 5.12. The molecule has 204 valence electrons. The van der Waals surface area contributed by atoms with Gasteiger partial charge in [0.2, 0.25) is 0 Å². The number of ketones is 1. The molecule has 0 saturated heterocycles. The van der Waals surface area contributed by atoms with E-state index < -0.39 is 0 Å². The Labute approximate surface area is 225 Å². The molecular weight excluding hydrogens is 458 g/mol. The average molecular weight is 508 g/mol. The third-order valence-electron chi connectivity index (χ3n) is 11.1. The quantitative estimate of drug-likeness (QED) is 0.351. The maximum atomic E-state index is 12.1. The van der Waals surface area contributed by atoms with Crippen LogP contribution in [0.3, 0.4) is 0 Å². The highest BCUT2D eigenvalue weighted by molar-refractivity contribution is 5.91. The molecule has 5 rings (SSSR count). The van der Waals surface area contributed by atoms with Gasteiger partial charge in [-0.2, -0.15) is 0 Å². The number of allylic oxidation sites excluding steroid dienone is 1. The lowest BCUT2D eigenvalue weighted by atomic mass is 9.49. The second-order valence-electron chi connectivity index (χ2n) is 12.8. The molecule has 1 aromatic rings. The number of rotatable bonds is 9. The largest absolute Gasteiger partial charge is 0.493 e. The molecule has 0 aromatic heterocycles. The van der Waals surface area contributed by atoms with Gasteiger partial charge in [0.1, 0.15) is 0 Å². The van der Waals surface area contributed by atoms with E-state index in [1.807, 2.05) is 6.08 Å². The van der Waals surface area contributed by atoms with Crippen LogP contribution in [0.1, 0.15) is 84.6 Å². The Morgan fingerprint density at radius 3 is 2.65 bits per heavy atom. The van der Waals surface area contributed by atoms with Crippen molar-refractivity contribution in [2.24, 2.45) is 40.9 Å². The van der Waals surface area contributed by atoms with Gasteiger partial charge in [0.25, 0.3) is 0 Å². The van der Waals surface area contributed by atoms with Gasteiger partial charge >= 0.3 is 0 Å². The minimum Gasteiger partial charge on any atom is -0.493 e. The first kappa shape index (κ1) is 26.8. The summed E-state index contributed by atoms with van der Waals surface area (Å²) in [6.45, 7) is 13.3. The summed E-state index contributed by atoms with van der Waals surface area (Å²) >= 11 is 0. The Morgan fingerprint density at radius 2 is 1.89 bits per heavy atom. The summed E-state index contributed by atoms with van der Waals surface area (Å²) < 4.78 is 12.1. The molecule has 0 radical (unpaired) electrons. The highest BCUT2D eigenvalue weighted by Crippen LogP contribution is 2.65. The summed E-state index contributed by atoms with van der Waals surface area (Å²) in [5.41, 5.74) is 3.20. The molecule has 4 aliphatic rings. The molecule has 7 unspecified atom stereocenters. The average Bonchev–Trinajstić information content (AvgIpc) is 3.23. The van der Waals surface area contributed by atoms with E-state index >= 15 is 0 Å². The van der Waals surface area contributed by atoms with Crippen LogP contribution in [-0.2, 0) is 11.3 Å². The van der Waals surface area contributed by atoms with Gasteiger partial charge in [0, 0.05) is 13.0 Å². The van der Waals surface area contributed by atoms with Crippen LogP contribution in [0.25, 0.3) is 0 Å². The van der Waals surface area contributed by atoms with E-state index in [4.69, 9.17) is 9.47 Å². The molecule has 3 fully saturated rings. The number of hydrogen-bond acceptors (Lipinski definition) is 4. The van der Waals surface area contributed by atoms with E-state index in [9.17, 15) is 4.79 Å². The third-order valence-corrected chi connectivity index (χ3v) is 11.1. The Hall–Kier alpha value is -1.81. The highest BCUT2D eigenvalue weighted by atomic mass is 16.5. The zero-order valence-electron chi connectivity index (χ0n) is 23.9. The van der Waals surface area contributed by atoms with Crippen molar-refractivity contribution in [3.63, 3.8) is 0 Å². The van der Waals surface area contributed by atoms with Crippen molar-refractivity contribution < 1.29 is 14.3 Å². The first-order valence-corrected chi connectivity index (χ1v) is 15.1. The number of carbonyl (C=O) groups is 1. The molecule has 0 aliphatic heterocycles. The molecule has 7 atom stereocenters. The first-order valence-electron chi connectivity index (χ1n) is 15.1. The number of ether oxygens (including phenoxy) is 2. The van der Waals surface area contributed by atoms with Crippen molar-refractivity contribution in [1.29, 1.82) is 0 Å². The van der Waals surface area contributed by atoms with Crippen molar-refractivity contribution in [3.05, 3.63) is 35.4 Å². The van der Waals surface area contributed by atoms with Crippen LogP contribution >= 0.6 is 0 Å². The predicted molar refractivity (Wildman–Crippen MR) is 150 cm³/mol. The van der Waals surface area contributed by atoms with Crippen molar-refractivity contribution in [1.82, 2.24) is 4.90 Å². The summed E-state index contributed by atoms with van der Waals surface area (Å²) in [5.74, 6) is 6.69. The van der Waals surface area contributed by atoms with Gasteiger partial charge in [-0.3, -0.25) is 9.69 Å². The maximum absolute atomic E-state index is 12.1. The molecule has 1 aromatic carbocycles. The van der Waals surface area contributed by atoms with Gasteiger partial charge < -0.3 is 9.47 Å². The molecule has 37 heavy (non-hydrogen) atoms. The number of nitrogens with zero attached hydrogens (tertiary/aromatic N) is 1. The van der Waals surface area contributed by atoms with Crippen molar-refractivity contribution in [3.8, 4) is 11.5 Å². The molecule has 0 spiro atoms. The predicted octanol–water partition coefficient (Wildman–Crippen LogP) is 7.31. The standard InChI is InChI=1S/C33H49NO3/c1-6-34(7-2)21-23-8-13-30(31(19-23)36-5)37-17-15-25-9-12-29-32-22(3)18-24-20-26(35)10-11-27(24)28(32)14-16-33(25,29)4/h8,13,19-20,22,25,27-29,32H,6-7,9-12,14-18,21H2,1-5H3. The van der Waals surface area contributed by atoms with Gasteiger partial charge in [-0.1, -0.05) is 39.3 Å². The second kappa shape index (κ2) is 11.1. The lowest BCUT2D eigenvalue weighted by molar-refractivity contribution is -0.116. The zero-order chi connectivity index (χ0) is 26.2. The SMILES string of the molecule is CCN(CC)Cc1ccc(OCCC2CCC3C4C(C)CC5=CC(=O)CCC5C4CCC23C)c(OC)c1. The molecular formula is C33H49NO3. The summed E-state index contributed by atoms with van der Waals surface area (Å²) in [4.78, 5) is 14.5. The molecule has 3 saturated carbocycles. The van der Waals surface area contributed by atoms with Crippen LogP contribution in [0.5, 0.6) is 11.5 Å². The smallest absolute Gasteiger partial charge is 0.161 e. The van der Waals surface area contributed by atoms with Crippen LogP contribution in [0.2, 0.25) is 0 Å². The van der Waals surface area contributed by atoms with Crippen LogP contribution < -0.4 is 9.47 Å². The van der Waals surface area contributed by atoms with E-state index in [0.29, 0.717) is 23.0 Å². The normalized spacial score (nSPS) is 35.0. The maximum Gasteiger partial charge on any atom is 0.161 e. The summed E-state index contributed by atoms with van der Waals surface area (Å²) in [6, 6.07) is 6.44. The highest BCUT2D eigenvalue weighted by Gasteiger charge is 2.57. The van der Waals surface area contributed by atoms with Gasteiger partial charge in [-0.25, -0.2) is 0 Å². The van der Waals surface area contributed by atoms with Gasteiger partial charge in [0.05, 0.1) is 13.7 Å². The summed E-state index contributed by atoms with van der Waals surface area (Å²) in [5, 5.41) is 0. The summed E-state index contributed by atoms with van der Waals surface area (Å²) in [6.07, 6.45) is 11.6. The molecule has 4 nitrogen and oxygen atoms in total.